The minimum atomic E-state index is -5.02. The highest BCUT2D eigenvalue weighted by molar-refractivity contribution is 7.99. The second kappa shape index (κ2) is 12.7. The lowest BCUT2D eigenvalue weighted by Gasteiger charge is -2.32. The van der Waals surface area contributed by atoms with Crippen molar-refractivity contribution in [3.63, 3.8) is 0 Å². The molecule has 1 saturated heterocycles. The van der Waals surface area contributed by atoms with Gasteiger partial charge in [0.15, 0.2) is 5.78 Å². The molecule has 4 rings (SSSR count). The van der Waals surface area contributed by atoms with Gasteiger partial charge in [0.25, 0.3) is 0 Å². The van der Waals surface area contributed by atoms with Gasteiger partial charge in [0.05, 0.1) is 30.6 Å². The van der Waals surface area contributed by atoms with Crippen LogP contribution in [0.4, 0.5) is 18.0 Å². The van der Waals surface area contributed by atoms with Crippen LogP contribution in [0.15, 0.2) is 48.7 Å². The van der Waals surface area contributed by atoms with Crippen molar-refractivity contribution in [2.24, 2.45) is 5.92 Å². The van der Waals surface area contributed by atoms with E-state index in [0.717, 1.165) is 6.07 Å². The van der Waals surface area contributed by atoms with Crippen molar-refractivity contribution in [3.8, 4) is 28.1 Å². The van der Waals surface area contributed by atoms with Gasteiger partial charge in [-0.2, -0.15) is 11.8 Å². The molecule has 10 nitrogen and oxygen atoms in total. The lowest BCUT2D eigenvalue weighted by atomic mass is 9.83. The maximum absolute atomic E-state index is 14.0. The second-order valence-corrected chi connectivity index (χ2v) is 11.5. The molecule has 43 heavy (non-hydrogen) atoms. The van der Waals surface area contributed by atoms with Crippen LogP contribution in [-0.4, -0.2) is 70.5 Å². The number of hydrogen-bond acceptors (Lipinski definition) is 8. The fourth-order valence-electron chi connectivity index (χ4n) is 5.03. The van der Waals surface area contributed by atoms with Crippen LogP contribution in [0.2, 0.25) is 0 Å². The average molecular weight is 621 g/mol. The number of thioether (sulfide) groups is 1. The molecule has 2 aromatic carbocycles. The summed E-state index contributed by atoms with van der Waals surface area (Å²) in [5.74, 6) is -2.16. The van der Waals surface area contributed by atoms with Gasteiger partial charge >= 0.3 is 18.4 Å². The number of hydrogen-bond donors (Lipinski definition) is 4. The predicted octanol–water partition coefficient (Wildman–Crippen LogP) is 5.21. The van der Waals surface area contributed by atoms with Crippen LogP contribution in [-0.2, 0) is 15.1 Å². The van der Waals surface area contributed by atoms with E-state index in [4.69, 9.17) is 4.74 Å². The number of nitrogens with zero attached hydrogens (tertiary/aromatic N) is 1. The van der Waals surface area contributed by atoms with Gasteiger partial charge in [0, 0.05) is 17.4 Å². The van der Waals surface area contributed by atoms with Crippen molar-refractivity contribution in [3.05, 3.63) is 60.0 Å². The van der Waals surface area contributed by atoms with Crippen molar-refractivity contribution in [2.75, 3.05) is 19.9 Å². The number of carbonyl (C=O) groups excluding carboxylic acids is 2. The number of nitrogens with one attached hydrogen (secondary N) is 3. The molecule has 0 radical (unpaired) electrons. The van der Waals surface area contributed by atoms with E-state index in [1.807, 2.05) is 20.1 Å². The molecule has 230 valence electrons. The van der Waals surface area contributed by atoms with Gasteiger partial charge < -0.3 is 24.9 Å². The summed E-state index contributed by atoms with van der Waals surface area (Å²) in [6.45, 7) is 4.19. The van der Waals surface area contributed by atoms with Crippen LogP contribution in [0.3, 0.4) is 0 Å². The maximum Gasteiger partial charge on any atom is 0.573 e. The monoisotopic (exact) mass is 620 g/mol. The Bertz CT molecular complexity index is 1490. The number of carbonyl (C=O) groups is 3. The number of benzene rings is 2. The van der Waals surface area contributed by atoms with E-state index >= 15 is 0 Å². The SMILES string of the molecule is COC(=O)N[C@H](C(=O)[C@@]1(c2ncc(-c3ccc(-c4ccc(C(=O)O)cc4OC(F)(F)F)cc3)[nH]2)C[C@H](SC)CN1)C(C)C. The number of H-pyrrole nitrogens is 1. The zero-order valence-corrected chi connectivity index (χ0v) is 24.6. The number of aromatic amines is 1. The van der Waals surface area contributed by atoms with E-state index in [1.165, 1.54) is 19.2 Å². The Hall–Kier alpha value is -4.04. The quantitative estimate of drug-likeness (QED) is 0.240. The lowest BCUT2D eigenvalue weighted by Crippen LogP contribution is -2.57. The summed E-state index contributed by atoms with van der Waals surface area (Å²) in [4.78, 5) is 45.2. The number of carboxylic acid groups (broad SMARTS) is 1. The minimum Gasteiger partial charge on any atom is -0.478 e. The number of aromatic carboxylic acids is 1. The number of amides is 1. The number of carboxylic acids is 1. The fourth-order valence-corrected chi connectivity index (χ4v) is 5.70. The highest BCUT2D eigenvalue weighted by atomic mass is 32.2. The Morgan fingerprint density at radius 3 is 2.37 bits per heavy atom. The van der Waals surface area contributed by atoms with Crippen molar-refractivity contribution in [1.82, 2.24) is 20.6 Å². The molecule has 2 heterocycles. The van der Waals surface area contributed by atoms with Crippen LogP contribution in [0.25, 0.3) is 22.4 Å². The summed E-state index contributed by atoms with van der Waals surface area (Å²) in [6.07, 6.45) is -1.79. The highest BCUT2D eigenvalue weighted by Crippen LogP contribution is 2.38. The summed E-state index contributed by atoms with van der Waals surface area (Å²) in [6, 6.07) is 8.89. The first kappa shape index (κ1) is 31.9. The summed E-state index contributed by atoms with van der Waals surface area (Å²) in [5, 5.41) is 15.3. The normalized spacial score (nSPS) is 19.2. The van der Waals surface area contributed by atoms with Crippen molar-refractivity contribution >= 4 is 29.6 Å². The third-order valence-electron chi connectivity index (χ3n) is 7.27. The molecular formula is C29H31F3N4O6S. The van der Waals surface area contributed by atoms with E-state index in [9.17, 15) is 32.7 Å². The van der Waals surface area contributed by atoms with Gasteiger partial charge in [0.2, 0.25) is 0 Å². The van der Waals surface area contributed by atoms with Gasteiger partial charge in [0.1, 0.15) is 17.1 Å². The molecule has 1 amide bonds. The van der Waals surface area contributed by atoms with Crippen LogP contribution < -0.4 is 15.4 Å². The first-order chi connectivity index (χ1) is 20.3. The first-order valence-corrected chi connectivity index (χ1v) is 14.5. The molecule has 0 aliphatic carbocycles. The van der Waals surface area contributed by atoms with Gasteiger partial charge in [-0.15, -0.1) is 13.2 Å². The second-order valence-electron chi connectivity index (χ2n) is 10.4. The molecule has 0 unspecified atom stereocenters. The zero-order chi connectivity index (χ0) is 31.5. The number of Topliss-reactive ketones (excluding diaryl/α,β-unsaturated/α-hetero) is 1. The standard InChI is InChI=1S/C29H31F3N4O6S/c1-15(2)23(36-27(40)41-3)24(37)28(12-19(43-4)13-34-28)26-33-14-21(35-26)17-7-5-16(6-8-17)20-10-9-18(25(38)39)11-22(20)42-29(30,31)32/h5-11,14-15,19,23,34H,12-13H2,1-4H3,(H,33,35)(H,36,40)(H,38,39)/t19-,23-,28+/m0/s1. The molecule has 0 bridgehead atoms. The molecule has 0 saturated carbocycles. The number of aromatic nitrogens is 2. The Morgan fingerprint density at radius 2 is 1.81 bits per heavy atom. The minimum absolute atomic E-state index is 0.0554. The third-order valence-corrected chi connectivity index (χ3v) is 8.27. The van der Waals surface area contributed by atoms with E-state index in [1.54, 1.807) is 42.2 Å². The molecule has 14 heteroatoms. The summed E-state index contributed by atoms with van der Waals surface area (Å²) < 4.78 is 48.0. The van der Waals surface area contributed by atoms with E-state index in [-0.39, 0.29) is 28.1 Å². The number of rotatable bonds is 10. The van der Waals surface area contributed by atoms with E-state index in [2.05, 4.69) is 25.3 Å². The molecule has 0 spiro atoms. The topological polar surface area (TPSA) is 143 Å². The fraction of sp³-hybridized carbons (Fsp3) is 0.379. The van der Waals surface area contributed by atoms with Crippen LogP contribution >= 0.6 is 11.8 Å². The number of methoxy groups -OCH3 is 1. The molecule has 3 atom stereocenters. The van der Waals surface area contributed by atoms with Crippen molar-refractivity contribution < 1.29 is 42.1 Å². The average Bonchev–Trinajstić information content (AvgIpc) is 3.63. The molecule has 1 aliphatic heterocycles. The summed E-state index contributed by atoms with van der Waals surface area (Å²) in [5.41, 5.74) is 0.0486. The van der Waals surface area contributed by atoms with Gasteiger partial charge in [-0.05, 0) is 47.9 Å². The Balaban J connectivity index is 1.67. The van der Waals surface area contributed by atoms with Crippen molar-refractivity contribution in [1.29, 1.82) is 0 Å². The largest absolute Gasteiger partial charge is 0.573 e. The van der Waals surface area contributed by atoms with E-state index in [0.29, 0.717) is 35.6 Å². The predicted molar refractivity (Wildman–Crippen MR) is 154 cm³/mol. The van der Waals surface area contributed by atoms with Crippen LogP contribution in [0, 0.1) is 5.92 Å². The van der Waals surface area contributed by atoms with Gasteiger partial charge in [-0.25, -0.2) is 14.6 Å². The molecule has 1 fully saturated rings. The maximum atomic E-state index is 14.0. The first-order valence-electron chi connectivity index (χ1n) is 13.2. The smallest absolute Gasteiger partial charge is 0.478 e. The Labute approximate surface area is 249 Å². The molecule has 1 aliphatic rings. The van der Waals surface area contributed by atoms with Gasteiger partial charge in [-0.3, -0.25) is 10.1 Å². The molecule has 4 N–H and O–H groups in total. The number of ketones is 1. The number of halogens is 3. The van der Waals surface area contributed by atoms with Crippen LogP contribution in [0.1, 0.15) is 36.5 Å². The summed E-state index contributed by atoms with van der Waals surface area (Å²) >= 11 is 1.61. The highest BCUT2D eigenvalue weighted by Gasteiger charge is 2.51. The van der Waals surface area contributed by atoms with Crippen LogP contribution in [0.5, 0.6) is 5.75 Å². The lowest BCUT2D eigenvalue weighted by molar-refractivity contribution is -0.274. The molecular weight excluding hydrogens is 589 g/mol. The summed E-state index contributed by atoms with van der Waals surface area (Å²) in [7, 11) is 1.23. The van der Waals surface area contributed by atoms with E-state index < -0.39 is 35.8 Å². The number of alkyl halides is 3. The molecule has 3 aromatic rings. The number of ether oxygens (including phenoxy) is 2. The number of alkyl carbamates (subject to hydrolysis) is 1. The Kier molecular flexibility index (Phi) is 9.40. The Morgan fingerprint density at radius 1 is 1.14 bits per heavy atom. The number of imidazole rings is 1. The zero-order valence-electron chi connectivity index (χ0n) is 23.7. The molecule has 1 aromatic heterocycles. The third kappa shape index (κ3) is 6.96. The van der Waals surface area contributed by atoms with Crippen molar-refractivity contribution in [2.45, 2.75) is 43.5 Å². The van der Waals surface area contributed by atoms with Gasteiger partial charge in [-0.1, -0.05) is 38.1 Å².